The Balaban J connectivity index is 1.49. The van der Waals surface area contributed by atoms with Gasteiger partial charge in [-0.1, -0.05) is 57.4 Å². The minimum Gasteiger partial charge on any atom is -0.480 e. The van der Waals surface area contributed by atoms with Gasteiger partial charge in [0.25, 0.3) is 5.91 Å². The number of nitrogens with one attached hydrogen (secondary N) is 1. The third-order valence-corrected chi connectivity index (χ3v) is 6.62. The van der Waals surface area contributed by atoms with E-state index in [0.717, 1.165) is 48.1 Å². The molecule has 1 fully saturated rings. The molecule has 32 heavy (non-hydrogen) atoms. The number of carboxylic acids is 1. The molecule has 1 atom stereocenters. The molecule has 6 heteroatoms. The number of carbonyl (C=O) groups is 3. The van der Waals surface area contributed by atoms with Crippen LogP contribution in [0.25, 0.3) is 11.1 Å². The maximum Gasteiger partial charge on any atom is 0.326 e. The highest BCUT2D eigenvalue weighted by Gasteiger charge is 2.38. The minimum atomic E-state index is -0.979. The third kappa shape index (κ3) is 4.40. The zero-order valence-corrected chi connectivity index (χ0v) is 18.6. The van der Waals surface area contributed by atoms with Crippen LogP contribution in [0, 0.1) is 11.8 Å². The van der Waals surface area contributed by atoms with E-state index < -0.39 is 12.0 Å². The minimum absolute atomic E-state index is 0.0961. The second kappa shape index (κ2) is 9.15. The van der Waals surface area contributed by atoms with Gasteiger partial charge in [0, 0.05) is 23.7 Å². The number of hydrogen-bond acceptors (Lipinski definition) is 3. The van der Waals surface area contributed by atoms with Gasteiger partial charge in [0.15, 0.2) is 0 Å². The number of hydrogen-bond donors (Lipinski definition) is 2. The van der Waals surface area contributed by atoms with E-state index in [0.29, 0.717) is 12.1 Å². The molecule has 0 radical (unpaired) electrons. The topological polar surface area (TPSA) is 86.7 Å². The van der Waals surface area contributed by atoms with Crippen LogP contribution in [0.2, 0.25) is 0 Å². The van der Waals surface area contributed by atoms with Crippen LogP contribution in [0.4, 0.5) is 5.69 Å². The molecule has 1 aliphatic carbocycles. The number of benzene rings is 2. The molecule has 4 rings (SSSR count). The molecule has 1 aliphatic heterocycles. The first-order valence-electron chi connectivity index (χ1n) is 11.4. The first-order valence-corrected chi connectivity index (χ1v) is 11.4. The lowest BCUT2D eigenvalue weighted by molar-refractivity contribution is -0.144. The number of amides is 2. The number of carbonyl (C=O) groups excluding carboxylic acids is 2. The van der Waals surface area contributed by atoms with E-state index in [9.17, 15) is 19.5 Å². The van der Waals surface area contributed by atoms with Gasteiger partial charge in [-0.05, 0) is 53.6 Å². The molecule has 6 nitrogen and oxygen atoms in total. The zero-order chi connectivity index (χ0) is 22.8. The van der Waals surface area contributed by atoms with E-state index >= 15 is 0 Å². The van der Waals surface area contributed by atoms with Crippen LogP contribution in [-0.4, -0.2) is 33.8 Å². The fourth-order valence-electron chi connectivity index (χ4n) is 4.86. The second-order valence-corrected chi connectivity index (χ2v) is 9.23. The lowest BCUT2D eigenvalue weighted by atomic mass is 9.88. The molecule has 2 amide bonds. The van der Waals surface area contributed by atoms with Gasteiger partial charge in [-0.15, -0.1) is 0 Å². The molecule has 0 bridgehead atoms. The van der Waals surface area contributed by atoms with Crippen molar-refractivity contribution in [1.29, 1.82) is 0 Å². The molecule has 1 heterocycles. The summed E-state index contributed by atoms with van der Waals surface area (Å²) in [6.45, 7) is 3.94. The zero-order valence-electron chi connectivity index (χ0n) is 18.6. The molecule has 2 N–H and O–H groups in total. The maximum absolute atomic E-state index is 13.0. The lowest BCUT2D eigenvalue weighted by Crippen LogP contribution is -2.44. The Kier molecular flexibility index (Phi) is 6.31. The Morgan fingerprint density at radius 3 is 2.28 bits per heavy atom. The fourth-order valence-corrected chi connectivity index (χ4v) is 4.86. The van der Waals surface area contributed by atoms with Crippen LogP contribution in [0.15, 0.2) is 42.5 Å². The summed E-state index contributed by atoms with van der Waals surface area (Å²) in [5.41, 5.74) is 4.01. The quantitative estimate of drug-likeness (QED) is 0.674. The highest BCUT2D eigenvalue weighted by atomic mass is 16.4. The predicted octanol–water partition coefficient (Wildman–Crippen LogP) is 4.94. The number of rotatable bonds is 6. The van der Waals surface area contributed by atoms with Gasteiger partial charge >= 0.3 is 5.97 Å². The molecule has 2 aliphatic rings. The first-order chi connectivity index (χ1) is 15.3. The van der Waals surface area contributed by atoms with Crippen LogP contribution < -0.4 is 5.32 Å². The summed E-state index contributed by atoms with van der Waals surface area (Å²) in [4.78, 5) is 38.6. The van der Waals surface area contributed by atoms with Crippen molar-refractivity contribution in [1.82, 2.24) is 4.90 Å². The van der Waals surface area contributed by atoms with Crippen molar-refractivity contribution in [3.05, 3.63) is 53.6 Å². The summed E-state index contributed by atoms with van der Waals surface area (Å²) in [5, 5.41) is 12.6. The van der Waals surface area contributed by atoms with Crippen molar-refractivity contribution in [2.45, 2.75) is 58.5 Å². The average Bonchev–Trinajstić information content (AvgIpc) is 3.10. The Labute approximate surface area is 188 Å². The third-order valence-electron chi connectivity index (χ3n) is 6.62. The van der Waals surface area contributed by atoms with E-state index in [1.165, 1.54) is 11.3 Å². The van der Waals surface area contributed by atoms with E-state index in [-0.39, 0.29) is 23.7 Å². The van der Waals surface area contributed by atoms with Gasteiger partial charge in [0.2, 0.25) is 5.91 Å². The van der Waals surface area contributed by atoms with E-state index in [4.69, 9.17) is 0 Å². The van der Waals surface area contributed by atoms with Crippen molar-refractivity contribution in [3.63, 3.8) is 0 Å². The Morgan fingerprint density at radius 1 is 1.00 bits per heavy atom. The van der Waals surface area contributed by atoms with Crippen molar-refractivity contribution in [3.8, 4) is 11.1 Å². The molecule has 0 saturated heterocycles. The van der Waals surface area contributed by atoms with Crippen LogP contribution in [0.1, 0.15) is 61.9 Å². The van der Waals surface area contributed by atoms with Crippen LogP contribution in [0.3, 0.4) is 0 Å². The summed E-state index contributed by atoms with van der Waals surface area (Å²) >= 11 is 0. The average molecular weight is 435 g/mol. The molecule has 2 aromatic rings. The highest BCUT2D eigenvalue weighted by molar-refractivity contribution is 6.01. The summed E-state index contributed by atoms with van der Waals surface area (Å²) < 4.78 is 0. The van der Waals surface area contributed by atoms with Gasteiger partial charge in [-0.25, -0.2) is 4.79 Å². The normalized spacial score (nSPS) is 17.3. The van der Waals surface area contributed by atoms with Gasteiger partial charge in [0.1, 0.15) is 6.04 Å². The van der Waals surface area contributed by atoms with Crippen molar-refractivity contribution < 1.29 is 19.5 Å². The molecule has 1 saturated carbocycles. The Morgan fingerprint density at radius 2 is 1.66 bits per heavy atom. The fraction of sp³-hybridized carbons (Fsp3) is 0.423. The van der Waals surface area contributed by atoms with Gasteiger partial charge < -0.3 is 15.3 Å². The maximum atomic E-state index is 13.0. The van der Waals surface area contributed by atoms with Crippen LogP contribution in [0.5, 0.6) is 0 Å². The predicted molar refractivity (Wildman–Crippen MR) is 123 cm³/mol. The van der Waals surface area contributed by atoms with Crippen LogP contribution >= 0.6 is 0 Å². The van der Waals surface area contributed by atoms with Gasteiger partial charge in [-0.2, -0.15) is 0 Å². The number of aliphatic carboxylic acids is 1. The monoisotopic (exact) mass is 434 g/mol. The lowest BCUT2D eigenvalue weighted by Gasteiger charge is -2.27. The van der Waals surface area contributed by atoms with Crippen molar-refractivity contribution in [2.75, 3.05) is 5.32 Å². The van der Waals surface area contributed by atoms with Gasteiger partial charge in [0.05, 0.1) is 0 Å². The molecular formula is C26H30N2O4. The molecule has 168 valence electrons. The van der Waals surface area contributed by atoms with E-state index in [2.05, 4.69) is 5.32 Å². The van der Waals surface area contributed by atoms with Crippen LogP contribution in [-0.2, 0) is 16.1 Å². The second-order valence-electron chi connectivity index (χ2n) is 9.23. The Bertz CT molecular complexity index is 1020. The smallest absolute Gasteiger partial charge is 0.326 e. The summed E-state index contributed by atoms with van der Waals surface area (Å²) in [6, 6.07) is 12.5. The van der Waals surface area contributed by atoms with Gasteiger partial charge in [-0.3, -0.25) is 9.59 Å². The number of carboxylic acid groups (broad SMARTS) is 1. The number of fused-ring (bicyclic) bond motifs is 1. The van der Waals surface area contributed by atoms with Crippen molar-refractivity contribution >= 4 is 23.5 Å². The SMILES string of the molecule is CC(C)C(C(=O)O)N1Cc2ccc(-c3ccc(NC(=O)C4CCCCC4)cc3)cc2C1=O. The molecule has 2 aromatic carbocycles. The molecule has 0 spiro atoms. The summed E-state index contributed by atoms with van der Waals surface area (Å²) in [7, 11) is 0. The van der Waals surface area contributed by atoms with E-state index in [1.807, 2.05) is 56.3 Å². The summed E-state index contributed by atoms with van der Waals surface area (Å²) in [6.07, 6.45) is 5.38. The number of anilines is 1. The highest BCUT2D eigenvalue weighted by Crippen LogP contribution is 2.32. The molecular weight excluding hydrogens is 404 g/mol. The Hall–Kier alpha value is -3.15. The number of nitrogens with zero attached hydrogens (tertiary/aromatic N) is 1. The largest absolute Gasteiger partial charge is 0.480 e. The summed E-state index contributed by atoms with van der Waals surface area (Å²) in [5.74, 6) is -1.19. The standard InChI is InChI=1S/C26H30N2O4/c1-16(2)23(26(31)32)28-15-20-9-8-19(14-22(20)25(28)30)17-10-12-21(13-11-17)27-24(29)18-6-4-3-5-7-18/h8-14,16,18,23H,3-7,15H2,1-2H3,(H,27,29)(H,31,32). The molecule has 0 aromatic heterocycles. The first kappa shape index (κ1) is 22.1. The van der Waals surface area contributed by atoms with Crippen molar-refractivity contribution in [2.24, 2.45) is 11.8 Å². The molecule has 1 unspecified atom stereocenters. The van der Waals surface area contributed by atoms with E-state index in [1.54, 1.807) is 0 Å².